The van der Waals surface area contributed by atoms with Gasteiger partial charge in [0.1, 0.15) is 5.82 Å². The van der Waals surface area contributed by atoms with E-state index in [4.69, 9.17) is 17.3 Å². The molecule has 0 atom stereocenters. The van der Waals surface area contributed by atoms with Gasteiger partial charge in [0.25, 0.3) is 0 Å². The molecule has 0 aromatic heterocycles. The van der Waals surface area contributed by atoms with Crippen molar-refractivity contribution in [2.75, 3.05) is 7.05 Å². The predicted molar refractivity (Wildman–Crippen MR) is 52.7 cm³/mol. The monoisotopic (exact) mass is 200 g/mol. The van der Waals surface area contributed by atoms with Crippen LogP contribution in [0.5, 0.6) is 0 Å². The Labute approximate surface area is 81.2 Å². The molecule has 0 aliphatic rings. The van der Waals surface area contributed by atoms with Gasteiger partial charge in [-0.1, -0.05) is 17.7 Å². The van der Waals surface area contributed by atoms with Crippen molar-refractivity contribution in [1.29, 1.82) is 0 Å². The predicted octanol–water partition coefficient (Wildman–Crippen LogP) is 2.01. The first-order valence-electron chi connectivity index (χ1n) is 3.79. The van der Waals surface area contributed by atoms with Crippen molar-refractivity contribution in [2.45, 2.75) is 6.42 Å². The van der Waals surface area contributed by atoms with E-state index in [0.717, 1.165) is 0 Å². The molecule has 0 unspecified atom stereocenters. The van der Waals surface area contributed by atoms with Crippen LogP contribution in [0, 0.1) is 5.82 Å². The van der Waals surface area contributed by atoms with Gasteiger partial charge in [0, 0.05) is 24.1 Å². The minimum atomic E-state index is -0.348. The average Bonchev–Trinajstić information content (AvgIpc) is 2.11. The van der Waals surface area contributed by atoms with Crippen molar-refractivity contribution in [3.8, 4) is 0 Å². The van der Waals surface area contributed by atoms with Gasteiger partial charge in [-0.2, -0.15) is 0 Å². The molecule has 0 heterocycles. The minimum absolute atomic E-state index is 0.252. The van der Waals surface area contributed by atoms with Gasteiger partial charge in [-0.3, -0.25) is 4.99 Å². The third-order valence-corrected chi connectivity index (χ3v) is 2.06. The van der Waals surface area contributed by atoms with Crippen molar-refractivity contribution in [2.24, 2.45) is 10.7 Å². The van der Waals surface area contributed by atoms with Crippen LogP contribution in [0.1, 0.15) is 5.56 Å². The summed E-state index contributed by atoms with van der Waals surface area (Å²) in [6.45, 7) is 0. The first-order valence-corrected chi connectivity index (χ1v) is 4.17. The minimum Gasteiger partial charge on any atom is -0.387 e. The number of nitrogens with two attached hydrogens (primary N) is 1. The summed E-state index contributed by atoms with van der Waals surface area (Å²) in [5, 5.41) is 0.381. The highest BCUT2D eigenvalue weighted by molar-refractivity contribution is 6.31. The molecule has 4 heteroatoms. The molecule has 0 radical (unpaired) electrons. The summed E-state index contributed by atoms with van der Waals surface area (Å²) in [6, 6.07) is 4.54. The van der Waals surface area contributed by atoms with E-state index >= 15 is 0 Å². The van der Waals surface area contributed by atoms with E-state index in [1.807, 2.05) is 0 Å². The molecule has 0 amide bonds. The van der Waals surface area contributed by atoms with Crippen LogP contribution >= 0.6 is 11.6 Å². The maximum absolute atomic E-state index is 13.2. The smallest absolute Gasteiger partial charge is 0.128 e. The van der Waals surface area contributed by atoms with E-state index in [2.05, 4.69) is 4.99 Å². The second kappa shape index (κ2) is 4.23. The number of nitrogens with zero attached hydrogens (tertiary/aromatic N) is 1. The second-order valence-corrected chi connectivity index (χ2v) is 3.00. The molecule has 2 N–H and O–H groups in total. The highest BCUT2D eigenvalue weighted by atomic mass is 35.5. The van der Waals surface area contributed by atoms with Crippen LogP contribution in [0.2, 0.25) is 5.02 Å². The van der Waals surface area contributed by atoms with Gasteiger partial charge >= 0.3 is 0 Å². The molecule has 1 rings (SSSR count). The lowest BCUT2D eigenvalue weighted by Gasteiger charge is -2.04. The van der Waals surface area contributed by atoms with E-state index in [9.17, 15) is 4.39 Å². The molecule has 0 saturated carbocycles. The zero-order chi connectivity index (χ0) is 9.84. The summed E-state index contributed by atoms with van der Waals surface area (Å²) in [4.78, 5) is 3.74. The Kier molecular flexibility index (Phi) is 3.25. The molecule has 0 aliphatic carbocycles. The van der Waals surface area contributed by atoms with Crippen LogP contribution in [0.3, 0.4) is 0 Å². The fraction of sp³-hybridized carbons (Fsp3) is 0.222. The van der Waals surface area contributed by atoms with Crippen LogP contribution in [-0.2, 0) is 6.42 Å². The maximum Gasteiger partial charge on any atom is 0.128 e. The quantitative estimate of drug-likeness (QED) is 0.576. The van der Waals surface area contributed by atoms with Crippen LogP contribution < -0.4 is 5.73 Å². The first kappa shape index (κ1) is 9.99. The van der Waals surface area contributed by atoms with Crippen molar-refractivity contribution in [3.05, 3.63) is 34.6 Å². The largest absolute Gasteiger partial charge is 0.387 e. The molecular weight excluding hydrogens is 191 g/mol. The molecule has 1 aromatic rings. The summed E-state index contributed by atoms with van der Waals surface area (Å²) in [5.41, 5.74) is 5.86. The number of hydrogen-bond acceptors (Lipinski definition) is 1. The topological polar surface area (TPSA) is 38.4 Å². The van der Waals surface area contributed by atoms with Gasteiger partial charge in [-0.15, -0.1) is 0 Å². The number of hydrogen-bond donors (Lipinski definition) is 1. The average molecular weight is 201 g/mol. The van der Waals surface area contributed by atoms with Crippen molar-refractivity contribution < 1.29 is 4.39 Å². The lowest BCUT2D eigenvalue weighted by Crippen LogP contribution is -2.15. The standard InChI is InChI=1S/C9H10ClFN2/c1-13-9(12)5-6-7(10)3-2-4-8(6)11/h2-4H,5H2,1H3,(H2,12,13). The normalized spacial score (nSPS) is 11.8. The van der Waals surface area contributed by atoms with Gasteiger partial charge in [0.05, 0.1) is 5.84 Å². The molecule has 0 bridgehead atoms. The summed E-state index contributed by atoms with van der Waals surface area (Å²) >= 11 is 5.78. The Hall–Kier alpha value is -1.09. The zero-order valence-corrected chi connectivity index (χ0v) is 7.98. The number of rotatable bonds is 2. The van der Waals surface area contributed by atoms with E-state index in [1.54, 1.807) is 19.2 Å². The van der Waals surface area contributed by atoms with Gasteiger partial charge in [0.15, 0.2) is 0 Å². The van der Waals surface area contributed by atoms with E-state index in [-0.39, 0.29) is 12.2 Å². The highest BCUT2D eigenvalue weighted by Gasteiger charge is 2.07. The van der Waals surface area contributed by atoms with Crippen LogP contribution in [0.15, 0.2) is 23.2 Å². The number of aliphatic imine (C=N–C) groups is 1. The van der Waals surface area contributed by atoms with Crippen LogP contribution in [-0.4, -0.2) is 12.9 Å². The van der Waals surface area contributed by atoms with Gasteiger partial charge in [-0.25, -0.2) is 4.39 Å². The summed E-state index contributed by atoms with van der Waals surface area (Å²) in [5.74, 6) is 0.0195. The van der Waals surface area contributed by atoms with Crippen LogP contribution in [0.25, 0.3) is 0 Å². The van der Waals surface area contributed by atoms with E-state index < -0.39 is 0 Å². The fourth-order valence-corrected chi connectivity index (χ4v) is 1.19. The Morgan fingerprint density at radius 1 is 1.62 bits per heavy atom. The molecule has 13 heavy (non-hydrogen) atoms. The molecule has 0 spiro atoms. The molecular formula is C9H10ClFN2. The van der Waals surface area contributed by atoms with Crippen molar-refractivity contribution in [1.82, 2.24) is 0 Å². The van der Waals surface area contributed by atoms with Crippen LogP contribution in [0.4, 0.5) is 4.39 Å². The van der Waals surface area contributed by atoms with Gasteiger partial charge < -0.3 is 5.73 Å². The second-order valence-electron chi connectivity index (χ2n) is 2.59. The third-order valence-electron chi connectivity index (χ3n) is 1.71. The van der Waals surface area contributed by atoms with E-state index in [1.165, 1.54) is 6.07 Å². The molecule has 1 aromatic carbocycles. The lowest BCUT2D eigenvalue weighted by molar-refractivity contribution is 0.616. The maximum atomic E-state index is 13.2. The summed E-state index contributed by atoms with van der Waals surface area (Å²) in [7, 11) is 1.56. The third kappa shape index (κ3) is 2.42. The van der Waals surface area contributed by atoms with Gasteiger partial charge in [0.2, 0.25) is 0 Å². The lowest BCUT2D eigenvalue weighted by atomic mass is 10.1. The van der Waals surface area contributed by atoms with Crippen molar-refractivity contribution >= 4 is 17.4 Å². The Balaban J connectivity index is 3.00. The van der Waals surface area contributed by atoms with E-state index in [0.29, 0.717) is 16.4 Å². The Morgan fingerprint density at radius 3 is 2.85 bits per heavy atom. The Bertz CT molecular complexity index is 316. The SMILES string of the molecule is CN=C(N)Cc1c(F)cccc1Cl. The number of benzene rings is 1. The number of amidine groups is 1. The zero-order valence-electron chi connectivity index (χ0n) is 7.22. The summed E-state index contributed by atoms with van der Waals surface area (Å²) in [6.07, 6.45) is 0.252. The Morgan fingerprint density at radius 2 is 2.31 bits per heavy atom. The first-order chi connectivity index (χ1) is 6.15. The summed E-state index contributed by atoms with van der Waals surface area (Å²) < 4.78 is 13.2. The van der Waals surface area contributed by atoms with Gasteiger partial charge in [-0.05, 0) is 12.1 Å². The molecule has 0 aliphatic heterocycles. The van der Waals surface area contributed by atoms with Crippen molar-refractivity contribution in [3.63, 3.8) is 0 Å². The fourth-order valence-electron chi connectivity index (χ4n) is 0.961. The highest BCUT2D eigenvalue weighted by Crippen LogP contribution is 2.19. The molecule has 0 saturated heterocycles. The molecule has 2 nitrogen and oxygen atoms in total. The molecule has 70 valence electrons. The number of halogens is 2. The molecule has 0 fully saturated rings.